The van der Waals surface area contributed by atoms with E-state index in [0.717, 1.165) is 38.8 Å². The predicted molar refractivity (Wildman–Crippen MR) is 103 cm³/mol. The van der Waals surface area contributed by atoms with Crippen molar-refractivity contribution in [1.82, 2.24) is 14.8 Å². The number of hydrogen-bond acceptors (Lipinski definition) is 3. The van der Waals surface area contributed by atoms with Crippen LogP contribution in [0.2, 0.25) is 0 Å². The van der Waals surface area contributed by atoms with Crippen molar-refractivity contribution in [2.45, 2.75) is 25.7 Å². The first-order chi connectivity index (χ1) is 13.2. The van der Waals surface area contributed by atoms with E-state index < -0.39 is 5.41 Å². The summed E-state index contributed by atoms with van der Waals surface area (Å²) >= 11 is 0. The molecule has 0 unspecified atom stereocenters. The smallest absolute Gasteiger partial charge is 0.272 e. The van der Waals surface area contributed by atoms with Crippen LogP contribution in [-0.2, 0) is 11.2 Å². The summed E-state index contributed by atoms with van der Waals surface area (Å²) in [4.78, 5) is 33.9. The largest absolute Gasteiger partial charge is 0.342 e. The fourth-order valence-corrected chi connectivity index (χ4v) is 4.35. The Kier molecular flexibility index (Phi) is 4.92. The van der Waals surface area contributed by atoms with Crippen molar-refractivity contribution in [2.24, 2.45) is 5.41 Å². The summed E-state index contributed by atoms with van der Waals surface area (Å²) in [7, 11) is 0. The van der Waals surface area contributed by atoms with Crippen LogP contribution in [0, 0.1) is 5.41 Å². The molecular formula is C22H25N3O2. The molecule has 2 aromatic rings. The average molecular weight is 363 g/mol. The predicted octanol–water partition coefficient (Wildman–Crippen LogP) is 2.78. The number of benzene rings is 1. The molecule has 2 saturated heterocycles. The molecule has 1 aromatic carbocycles. The number of rotatable bonds is 4. The number of amides is 2. The highest BCUT2D eigenvalue weighted by molar-refractivity contribution is 5.93. The molecule has 2 aliphatic heterocycles. The zero-order chi connectivity index (χ0) is 18.7. The summed E-state index contributed by atoms with van der Waals surface area (Å²) in [5, 5.41) is 0. The van der Waals surface area contributed by atoms with Gasteiger partial charge in [0.05, 0.1) is 5.41 Å². The number of aromatic nitrogens is 1. The number of likely N-dealkylation sites (tertiary alicyclic amines) is 2. The highest BCUT2D eigenvalue weighted by Crippen LogP contribution is 2.40. The second-order valence-electron chi connectivity index (χ2n) is 7.60. The van der Waals surface area contributed by atoms with Crippen molar-refractivity contribution in [2.75, 3.05) is 26.2 Å². The van der Waals surface area contributed by atoms with Gasteiger partial charge in [0.25, 0.3) is 5.91 Å². The first-order valence-electron chi connectivity index (χ1n) is 9.72. The van der Waals surface area contributed by atoms with E-state index in [2.05, 4.69) is 17.1 Å². The van der Waals surface area contributed by atoms with Crippen molar-refractivity contribution in [3.8, 4) is 0 Å². The number of carbonyl (C=O) groups excluding carboxylic acids is 2. The molecule has 2 aliphatic rings. The first-order valence-corrected chi connectivity index (χ1v) is 9.72. The summed E-state index contributed by atoms with van der Waals surface area (Å²) in [5.41, 5.74) is 1.31. The Balaban J connectivity index is 1.42. The minimum Gasteiger partial charge on any atom is -0.342 e. The Labute approximate surface area is 160 Å². The van der Waals surface area contributed by atoms with E-state index in [1.54, 1.807) is 23.2 Å². The van der Waals surface area contributed by atoms with Gasteiger partial charge in [0, 0.05) is 32.4 Å². The molecule has 4 rings (SSSR count). The van der Waals surface area contributed by atoms with Gasteiger partial charge in [-0.25, -0.2) is 0 Å². The molecule has 2 amide bonds. The Bertz CT molecular complexity index is 809. The lowest BCUT2D eigenvalue weighted by Gasteiger charge is -2.39. The molecule has 5 nitrogen and oxygen atoms in total. The van der Waals surface area contributed by atoms with Crippen LogP contribution in [0.5, 0.6) is 0 Å². The molecule has 2 fully saturated rings. The van der Waals surface area contributed by atoms with Gasteiger partial charge in [0.15, 0.2) is 0 Å². The molecule has 140 valence electrons. The summed E-state index contributed by atoms with van der Waals surface area (Å²) in [6.45, 7) is 2.72. The molecule has 0 N–H and O–H groups in total. The van der Waals surface area contributed by atoms with Crippen LogP contribution < -0.4 is 0 Å². The van der Waals surface area contributed by atoms with Gasteiger partial charge in [-0.3, -0.25) is 14.6 Å². The fraction of sp³-hybridized carbons (Fsp3) is 0.409. The van der Waals surface area contributed by atoms with Crippen LogP contribution in [-0.4, -0.2) is 52.8 Å². The van der Waals surface area contributed by atoms with E-state index in [1.165, 1.54) is 5.56 Å². The third kappa shape index (κ3) is 3.59. The topological polar surface area (TPSA) is 53.5 Å². The Morgan fingerprint density at radius 3 is 2.63 bits per heavy atom. The van der Waals surface area contributed by atoms with Crippen molar-refractivity contribution in [1.29, 1.82) is 0 Å². The van der Waals surface area contributed by atoms with Gasteiger partial charge >= 0.3 is 0 Å². The number of pyridine rings is 1. The molecule has 0 bridgehead atoms. The second-order valence-corrected chi connectivity index (χ2v) is 7.60. The minimum atomic E-state index is -0.403. The number of hydrogen-bond donors (Lipinski definition) is 0. The number of carbonyl (C=O) groups is 2. The van der Waals surface area contributed by atoms with E-state index in [0.29, 0.717) is 18.8 Å². The number of nitrogens with zero attached hydrogens (tertiary/aromatic N) is 3. The minimum absolute atomic E-state index is 0.0679. The standard InChI is InChI=1S/C22H25N3O2/c26-20(19-9-4-5-13-23-19)25-16-12-22(17-25)11-6-14-24(21(22)27)15-10-18-7-2-1-3-8-18/h1-5,7-9,13H,6,10-12,14-17H2/t22-/m1/s1. The molecular weight excluding hydrogens is 338 g/mol. The SMILES string of the molecule is O=C(c1ccccn1)N1CC[C@]2(CCCN(CCc3ccccc3)C2=O)C1. The van der Waals surface area contributed by atoms with Crippen molar-refractivity contribution in [3.63, 3.8) is 0 Å². The van der Waals surface area contributed by atoms with Gasteiger partial charge in [-0.15, -0.1) is 0 Å². The van der Waals surface area contributed by atoms with Crippen LogP contribution in [0.1, 0.15) is 35.3 Å². The van der Waals surface area contributed by atoms with Crippen LogP contribution in [0.3, 0.4) is 0 Å². The van der Waals surface area contributed by atoms with E-state index >= 15 is 0 Å². The van der Waals surface area contributed by atoms with E-state index in [-0.39, 0.29) is 11.8 Å². The lowest BCUT2D eigenvalue weighted by molar-refractivity contribution is -0.145. The third-order valence-electron chi connectivity index (χ3n) is 5.86. The maximum Gasteiger partial charge on any atom is 0.272 e. The molecule has 27 heavy (non-hydrogen) atoms. The molecule has 3 heterocycles. The average Bonchev–Trinajstić information content (AvgIpc) is 3.15. The summed E-state index contributed by atoms with van der Waals surface area (Å²) in [5.74, 6) is 0.155. The van der Waals surface area contributed by atoms with Gasteiger partial charge in [-0.1, -0.05) is 36.4 Å². The molecule has 5 heteroatoms. The van der Waals surface area contributed by atoms with Gasteiger partial charge in [-0.05, 0) is 43.4 Å². The number of piperidine rings is 1. The zero-order valence-corrected chi connectivity index (χ0v) is 15.5. The van der Waals surface area contributed by atoms with Crippen molar-refractivity contribution in [3.05, 3.63) is 66.0 Å². The lowest BCUT2D eigenvalue weighted by atomic mass is 9.78. The molecule has 0 radical (unpaired) electrons. The Hall–Kier alpha value is -2.69. The van der Waals surface area contributed by atoms with Gasteiger partial charge < -0.3 is 9.80 Å². The third-order valence-corrected chi connectivity index (χ3v) is 5.86. The van der Waals surface area contributed by atoms with Gasteiger partial charge in [0.2, 0.25) is 5.91 Å². The fourth-order valence-electron chi connectivity index (χ4n) is 4.35. The van der Waals surface area contributed by atoms with Gasteiger partial charge in [0.1, 0.15) is 5.69 Å². The quantitative estimate of drug-likeness (QED) is 0.839. The zero-order valence-electron chi connectivity index (χ0n) is 15.5. The summed E-state index contributed by atoms with van der Waals surface area (Å²) in [6, 6.07) is 15.7. The van der Waals surface area contributed by atoms with Crippen LogP contribution in [0.4, 0.5) is 0 Å². The van der Waals surface area contributed by atoms with Crippen molar-refractivity contribution < 1.29 is 9.59 Å². The maximum atomic E-state index is 13.2. The summed E-state index contributed by atoms with van der Waals surface area (Å²) < 4.78 is 0. The molecule has 0 aliphatic carbocycles. The maximum absolute atomic E-state index is 13.2. The highest BCUT2D eigenvalue weighted by atomic mass is 16.2. The normalized spacial score (nSPS) is 22.4. The lowest BCUT2D eigenvalue weighted by Crippen LogP contribution is -2.50. The van der Waals surface area contributed by atoms with Crippen molar-refractivity contribution >= 4 is 11.8 Å². The summed E-state index contributed by atoms with van der Waals surface area (Å²) in [6.07, 6.45) is 5.15. The van der Waals surface area contributed by atoms with E-state index in [1.807, 2.05) is 29.2 Å². The van der Waals surface area contributed by atoms with Crippen LogP contribution in [0.25, 0.3) is 0 Å². The highest BCUT2D eigenvalue weighted by Gasteiger charge is 2.49. The molecule has 1 atom stereocenters. The molecule has 1 aromatic heterocycles. The van der Waals surface area contributed by atoms with Gasteiger partial charge in [-0.2, -0.15) is 0 Å². The van der Waals surface area contributed by atoms with E-state index in [9.17, 15) is 9.59 Å². The second kappa shape index (κ2) is 7.51. The molecule has 1 spiro atoms. The monoisotopic (exact) mass is 363 g/mol. The van der Waals surface area contributed by atoms with Crippen LogP contribution in [0.15, 0.2) is 54.7 Å². The van der Waals surface area contributed by atoms with E-state index in [4.69, 9.17) is 0 Å². The first kappa shape index (κ1) is 17.7. The Morgan fingerprint density at radius 1 is 1.04 bits per heavy atom. The van der Waals surface area contributed by atoms with Crippen LogP contribution >= 0.6 is 0 Å². The molecule has 0 saturated carbocycles. The Morgan fingerprint density at radius 2 is 1.85 bits per heavy atom.